The van der Waals surface area contributed by atoms with Crippen molar-refractivity contribution in [2.24, 2.45) is 4.99 Å². The molecule has 1 aromatic carbocycles. The number of aliphatic imine (C=N–C) groups is 1. The van der Waals surface area contributed by atoms with Crippen molar-refractivity contribution in [3.8, 4) is 11.4 Å². The molecule has 2 aromatic rings. The Morgan fingerprint density at radius 3 is 2.59 bits per heavy atom. The number of hydrogen-bond acceptors (Lipinski definition) is 5. The SMILES string of the molecule is CCNC(=NCC(=O)N(C)C)NCCc1nc(-c2ccc(Cl)cc2)no1.I. The summed E-state index contributed by atoms with van der Waals surface area (Å²) in [6.07, 6.45) is 0.534. The number of carbonyl (C=O) groups excluding carboxylic acids is 1. The summed E-state index contributed by atoms with van der Waals surface area (Å²) in [6, 6.07) is 7.24. The zero-order valence-electron chi connectivity index (χ0n) is 15.5. The molecule has 0 bridgehead atoms. The standard InChI is InChI=1S/C17H23ClN6O2.HI/c1-4-19-17(21-11-15(25)24(2)3)20-10-9-14-22-16(23-26-14)12-5-7-13(18)8-6-12;/h5-8H,4,9-11H2,1-3H3,(H2,19,20,21);1H. The van der Waals surface area contributed by atoms with Gasteiger partial charge in [0, 0.05) is 44.2 Å². The largest absolute Gasteiger partial charge is 0.357 e. The van der Waals surface area contributed by atoms with Gasteiger partial charge in [-0.2, -0.15) is 4.98 Å². The smallest absolute Gasteiger partial charge is 0.243 e. The lowest BCUT2D eigenvalue weighted by Gasteiger charge is -2.12. The maximum atomic E-state index is 11.6. The Kier molecular flexibility index (Phi) is 10.1. The second kappa shape index (κ2) is 11.8. The van der Waals surface area contributed by atoms with E-state index in [1.54, 1.807) is 26.2 Å². The first kappa shape index (κ1) is 23.2. The van der Waals surface area contributed by atoms with Crippen LogP contribution in [0.5, 0.6) is 0 Å². The molecule has 0 aliphatic heterocycles. The number of amides is 1. The van der Waals surface area contributed by atoms with E-state index in [9.17, 15) is 4.79 Å². The molecule has 0 aliphatic carbocycles. The van der Waals surface area contributed by atoms with Crippen LogP contribution in [0.25, 0.3) is 11.4 Å². The van der Waals surface area contributed by atoms with E-state index in [0.717, 1.165) is 5.56 Å². The third-order valence-corrected chi connectivity index (χ3v) is 3.67. The number of nitrogens with one attached hydrogen (secondary N) is 2. The van der Waals surface area contributed by atoms with E-state index < -0.39 is 0 Å². The highest BCUT2D eigenvalue weighted by Gasteiger charge is 2.09. The van der Waals surface area contributed by atoms with Crippen LogP contribution < -0.4 is 10.6 Å². The van der Waals surface area contributed by atoms with E-state index >= 15 is 0 Å². The summed E-state index contributed by atoms with van der Waals surface area (Å²) in [7, 11) is 3.40. The van der Waals surface area contributed by atoms with Crippen molar-refractivity contribution in [1.29, 1.82) is 0 Å². The van der Waals surface area contributed by atoms with Crippen LogP contribution in [0.1, 0.15) is 12.8 Å². The van der Waals surface area contributed by atoms with E-state index in [4.69, 9.17) is 16.1 Å². The first-order valence-corrected chi connectivity index (χ1v) is 8.68. The molecule has 0 radical (unpaired) electrons. The fourth-order valence-electron chi connectivity index (χ4n) is 1.99. The Hall–Kier alpha value is -1.88. The van der Waals surface area contributed by atoms with Crippen molar-refractivity contribution >= 4 is 47.4 Å². The lowest BCUT2D eigenvalue weighted by atomic mass is 10.2. The number of halogens is 2. The van der Waals surface area contributed by atoms with E-state index in [0.29, 0.717) is 42.2 Å². The summed E-state index contributed by atoms with van der Waals surface area (Å²) in [4.78, 5) is 21.8. The predicted molar refractivity (Wildman–Crippen MR) is 117 cm³/mol. The molecule has 1 heterocycles. The Morgan fingerprint density at radius 1 is 1.26 bits per heavy atom. The summed E-state index contributed by atoms with van der Waals surface area (Å²) in [5.74, 6) is 1.54. The minimum absolute atomic E-state index is 0. The van der Waals surface area contributed by atoms with Gasteiger partial charge in [-0.1, -0.05) is 16.8 Å². The fraction of sp³-hybridized carbons (Fsp3) is 0.412. The molecule has 0 unspecified atom stereocenters. The van der Waals surface area contributed by atoms with Crippen LogP contribution in [0.3, 0.4) is 0 Å². The van der Waals surface area contributed by atoms with Crippen molar-refractivity contribution in [1.82, 2.24) is 25.7 Å². The van der Waals surface area contributed by atoms with Crippen LogP contribution in [-0.2, 0) is 11.2 Å². The molecule has 10 heteroatoms. The van der Waals surface area contributed by atoms with Crippen LogP contribution in [0.15, 0.2) is 33.8 Å². The van der Waals surface area contributed by atoms with Gasteiger partial charge in [0.05, 0.1) is 0 Å². The molecule has 0 saturated carbocycles. The van der Waals surface area contributed by atoms with Gasteiger partial charge in [-0.15, -0.1) is 24.0 Å². The molecule has 0 fully saturated rings. The Balaban J connectivity index is 0.00000364. The van der Waals surface area contributed by atoms with E-state index in [1.807, 2.05) is 19.1 Å². The highest BCUT2D eigenvalue weighted by Crippen LogP contribution is 2.18. The molecule has 27 heavy (non-hydrogen) atoms. The van der Waals surface area contributed by atoms with Crippen molar-refractivity contribution in [2.45, 2.75) is 13.3 Å². The second-order valence-corrected chi connectivity index (χ2v) is 6.12. The zero-order valence-corrected chi connectivity index (χ0v) is 18.6. The Bertz CT molecular complexity index is 748. The number of carbonyl (C=O) groups is 1. The van der Waals surface area contributed by atoms with Crippen LogP contribution in [0.2, 0.25) is 5.02 Å². The van der Waals surface area contributed by atoms with Crippen LogP contribution in [0.4, 0.5) is 0 Å². The van der Waals surface area contributed by atoms with Crippen LogP contribution >= 0.6 is 35.6 Å². The molecule has 0 aliphatic rings. The van der Waals surface area contributed by atoms with Crippen molar-refractivity contribution < 1.29 is 9.32 Å². The minimum atomic E-state index is -0.0632. The number of likely N-dealkylation sites (N-methyl/N-ethyl adjacent to an activating group) is 1. The normalized spacial score (nSPS) is 10.9. The van der Waals surface area contributed by atoms with E-state index in [1.165, 1.54) is 4.90 Å². The fourth-order valence-corrected chi connectivity index (χ4v) is 2.12. The summed E-state index contributed by atoms with van der Waals surface area (Å²) in [5, 5.41) is 10.9. The zero-order chi connectivity index (χ0) is 18.9. The Labute approximate surface area is 180 Å². The molecule has 0 atom stereocenters. The molecule has 148 valence electrons. The van der Waals surface area contributed by atoms with Gasteiger partial charge in [0.1, 0.15) is 6.54 Å². The summed E-state index contributed by atoms with van der Waals surface area (Å²) in [6.45, 7) is 3.29. The molecular formula is C17H24ClIN6O2. The second-order valence-electron chi connectivity index (χ2n) is 5.68. The van der Waals surface area contributed by atoms with E-state index in [-0.39, 0.29) is 36.4 Å². The monoisotopic (exact) mass is 506 g/mol. The highest BCUT2D eigenvalue weighted by molar-refractivity contribution is 14.0. The number of benzene rings is 1. The van der Waals surface area contributed by atoms with Gasteiger partial charge < -0.3 is 20.1 Å². The maximum absolute atomic E-state index is 11.6. The topological polar surface area (TPSA) is 95.7 Å². The molecule has 2 N–H and O–H groups in total. The van der Waals surface area contributed by atoms with Gasteiger partial charge in [-0.25, -0.2) is 4.99 Å². The number of hydrogen-bond donors (Lipinski definition) is 2. The minimum Gasteiger partial charge on any atom is -0.357 e. The summed E-state index contributed by atoms with van der Waals surface area (Å²) in [5.41, 5.74) is 0.842. The molecule has 1 amide bonds. The van der Waals surface area contributed by atoms with Crippen molar-refractivity contribution in [3.05, 3.63) is 35.2 Å². The average molecular weight is 507 g/mol. The van der Waals surface area contributed by atoms with Crippen LogP contribution in [0, 0.1) is 0 Å². The number of guanidine groups is 1. The lowest BCUT2D eigenvalue weighted by molar-refractivity contribution is -0.127. The number of rotatable bonds is 7. The lowest BCUT2D eigenvalue weighted by Crippen LogP contribution is -2.39. The molecule has 0 spiro atoms. The number of nitrogens with zero attached hydrogens (tertiary/aromatic N) is 4. The van der Waals surface area contributed by atoms with Crippen molar-refractivity contribution in [2.75, 3.05) is 33.7 Å². The van der Waals surface area contributed by atoms with Gasteiger partial charge >= 0.3 is 0 Å². The maximum Gasteiger partial charge on any atom is 0.243 e. The number of aromatic nitrogens is 2. The first-order valence-electron chi connectivity index (χ1n) is 8.30. The summed E-state index contributed by atoms with van der Waals surface area (Å²) >= 11 is 5.88. The molecule has 8 nitrogen and oxygen atoms in total. The van der Waals surface area contributed by atoms with E-state index in [2.05, 4.69) is 25.8 Å². The van der Waals surface area contributed by atoms with Crippen LogP contribution in [-0.4, -0.2) is 60.6 Å². The van der Waals surface area contributed by atoms with Gasteiger partial charge in [-0.05, 0) is 31.2 Å². The molecular weight excluding hydrogens is 483 g/mol. The average Bonchev–Trinajstić information content (AvgIpc) is 3.08. The predicted octanol–water partition coefficient (Wildman–Crippen LogP) is 2.19. The van der Waals surface area contributed by atoms with Gasteiger partial charge in [0.15, 0.2) is 5.96 Å². The van der Waals surface area contributed by atoms with Gasteiger partial charge in [0.25, 0.3) is 0 Å². The summed E-state index contributed by atoms with van der Waals surface area (Å²) < 4.78 is 5.27. The van der Waals surface area contributed by atoms with Crippen molar-refractivity contribution in [3.63, 3.8) is 0 Å². The quantitative estimate of drug-likeness (QED) is 0.340. The third kappa shape index (κ3) is 7.71. The first-order chi connectivity index (χ1) is 12.5. The molecule has 2 rings (SSSR count). The highest BCUT2D eigenvalue weighted by atomic mass is 127. The van der Waals surface area contributed by atoms with Gasteiger partial charge in [-0.3, -0.25) is 4.79 Å². The molecule has 1 aromatic heterocycles. The van der Waals surface area contributed by atoms with Gasteiger partial charge in [0.2, 0.25) is 17.6 Å². The molecule has 0 saturated heterocycles. The third-order valence-electron chi connectivity index (χ3n) is 3.42. The Morgan fingerprint density at radius 2 is 1.96 bits per heavy atom.